The lowest BCUT2D eigenvalue weighted by Gasteiger charge is -2.29. The number of nitrogens with zero attached hydrogens (tertiary/aromatic N) is 1. The third kappa shape index (κ3) is 2.77. The lowest BCUT2D eigenvalue weighted by molar-refractivity contribution is 0.0982. The quantitative estimate of drug-likeness (QED) is 0.846. The number of fused-ring (bicyclic) bond motifs is 1. The molecule has 0 radical (unpaired) electrons. The largest absolute Gasteiger partial charge is 0.294 e. The molecule has 1 heterocycles. The minimum absolute atomic E-state index is 0.00550. The number of anilines is 1. The minimum Gasteiger partial charge on any atom is -0.294 e. The van der Waals surface area contributed by atoms with Gasteiger partial charge in [0.2, 0.25) is 0 Å². The molecule has 0 N–H and O–H groups in total. The van der Waals surface area contributed by atoms with Crippen LogP contribution in [-0.2, 0) is 10.0 Å². The molecule has 1 aliphatic heterocycles. The first-order valence-electron chi connectivity index (χ1n) is 7.64. The molecule has 2 aromatic carbocycles. The molecule has 1 atom stereocenters. The summed E-state index contributed by atoms with van der Waals surface area (Å²) in [5.74, 6) is -0.00550. The first-order chi connectivity index (χ1) is 10.9. The van der Waals surface area contributed by atoms with Gasteiger partial charge in [-0.1, -0.05) is 29.8 Å². The summed E-state index contributed by atoms with van der Waals surface area (Å²) in [6.45, 7) is 3.76. The second-order valence-electron chi connectivity index (χ2n) is 5.94. The second-order valence-corrected chi connectivity index (χ2v) is 7.76. The van der Waals surface area contributed by atoms with Gasteiger partial charge in [0.25, 0.3) is 10.0 Å². The minimum atomic E-state index is -3.71. The van der Waals surface area contributed by atoms with Gasteiger partial charge < -0.3 is 0 Å². The van der Waals surface area contributed by atoms with Crippen LogP contribution in [0.5, 0.6) is 0 Å². The van der Waals surface area contributed by atoms with E-state index in [1.165, 1.54) is 4.31 Å². The fourth-order valence-corrected chi connectivity index (χ4v) is 4.63. The SMILES string of the molecule is Cc1ccc(S(=O)(=O)N2c3ccccc3C(=O)CC[C@@H]2C)cc1. The van der Waals surface area contributed by atoms with E-state index in [1.54, 1.807) is 48.5 Å². The maximum absolute atomic E-state index is 13.1. The number of ketones is 1. The van der Waals surface area contributed by atoms with Gasteiger partial charge in [-0.15, -0.1) is 0 Å². The van der Waals surface area contributed by atoms with E-state index in [0.29, 0.717) is 24.1 Å². The third-order valence-electron chi connectivity index (χ3n) is 4.21. The van der Waals surface area contributed by atoms with Crippen LogP contribution in [0.15, 0.2) is 53.4 Å². The Morgan fingerprint density at radius 3 is 2.39 bits per heavy atom. The van der Waals surface area contributed by atoms with Crippen LogP contribution in [0.3, 0.4) is 0 Å². The fraction of sp³-hybridized carbons (Fsp3) is 0.278. The van der Waals surface area contributed by atoms with Gasteiger partial charge in [0.1, 0.15) is 0 Å². The molecule has 0 spiro atoms. The number of carbonyl (C=O) groups is 1. The zero-order valence-electron chi connectivity index (χ0n) is 13.2. The summed E-state index contributed by atoms with van der Waals surface area (Å²) in [7, 11) is -3.71. The van der Waals surface area contributed by atoms with E-state index in [1.807, 2.05) is 13.8 Å². The van der Waals surface area contributed by atoms with Crippen LogP contribution in [-0.4, -0.2) is 20.2 Å². The number of sulfonamides is 1. The summed E-state index contributed by atoms with van der Waals surface area (Å²) in [6, 6.07) is 13.5. The summed E-state index contributed by atoms with van der Waals surface area (Å²) in [4.78, 5) is 12.5. The summed E-state index contributed by atoms with van der Waals surface area (Å²) in [6.07, 6.45) is 0.872. The number of benzene rings is 2. The van der Waals surface area contributed by atoms with Crippen molar-refractivity contribution in [3.8, 4) is 0 Å². The maximum atomic E-state index is 13.1. The Kier molecular flexibility index (Phi) is 3.98. The number of Topliss-reactive ketones (excluding diaryl/α,β-unsaturated/α-hetero) is 1. The molecule has 3 rings (SSSR count). The standard InChI is InChI=1S/C18H19NO3S/c1-13-7-10-15(11-8-13)23(21,22)19-14(2)9-12-18(20)16-5-3-4-6-17(16)19/h3-8,10-11,14H,9,12H2,1-2H3/t14-/m0/s1. The molecule has 0 aromatic heterocycles. The van der Waals surface area contributed by atoms with Crippen molar-refractivity contribution >= 4 is 21.5 Å². The van der Waals surface area contributed by atoms with Crippen LogP contribution < -0.4 is 4.31 Å². The Balaban J connectivity index is 2.18. The van der Waals surface area contributed by atoms with E-state index in [2.05, 4.69) is 0 Å². The zero-order chi connectivity index (χ0) is 16.6. The second kappa shape index (κ2) is 5.81. The van der Waals surface area contributed by atoms with Crippen molar-refractivity contribution in [2.75, 3.05) is 4.31 Å². The van der Waals surface area contributed by atoms with Gasteiger partial charge in [0.05, 0.1) is 10.6 Å². The third-order valence-corrected chi connectivity index (χ3v) is 6.15. The lowest BCUT2D eigenvalue weighted by atomic mass is 10.1. The summed E-state index contributed by atoms with van der Waals surface area (Å²) in [5.41, 5.74) is 1.96. The summed E-state index contributed by atoms with van der Waals surface area (Å²) >= 11 is 0. The number of aryl methyl sites for hydroxylation is 1. The molecule has 0 fully saturated rings. The molecule has 0 amide bonds. The lowest BCUT2D eigenvalue weighted by Crippen LogP contribution is -2.38. The molecule has 0 aliphatic carbocycles. The van der Waals surface area contributed by atoms with Crippen LogP contribution in [0.25, 0.3) is 0 Å². The Bertz CT molecular complexity index is 841. The molecular formula is C18H19NO3S. The van der Waals surface area contributed by atoms with Crippen LogP contribution in [0.1, 0.15) is 35.7 Å². The highest BCUT2D eigenvalue weighted by Gasteiger charge is 2.34. The van der Waals surface area contributed by atoms with Crippen molar-refractivity contribution < 1.29 is 13.2 Å². The molecule has 4 nitrogen and oxygen atoms in total. The van der Waals surface area contributed by atoms with E-state index in [0.717, 1.165) is 5.56 Å². The highest BCUT2D eigenvalue weighted by molar-refractivity contribution is 7.92. The average molecular weight is 329 g/mol. The van der Waals surface area contributed by atoms with Crippen molar-refractivity contribution in [3.05, 3.63) is 59.7 Å². The number of hydrogen-bond acceptors (Lipinski definition) is 3. The van der Waals surface area contributed by atoms with Gasteiger partial charge >= 0.3 is 0 Å². The number of carbonyl (C=O) groups excluding carboxylic acids is 1. The molecule has 2 aromatic rings. The van der Waals surface area contributed by atoms with E-state index in [-0.39, 0.29) is 16.7 Å². The molecular weight excluding hydrogens is 310 g/mol. The number of rotatable bonds is 2. The summed E-state index contributed by atoms with van der Waals surface area (Å²) < 4.78 is 27.7. The van der Waals surface area contributed by atoms with Gasteiger partial charge in [-0.3, -0.25) is 9.10 Å². The van der Waals surface area contributed by atoms with Crippen molar-refractivity contribution in [3.63, 3.8) is 0 Å². The zero-order valence-corrected chi connectivity index (χ0v) is 14.0. The Morgan fingerprint density at radius 2 is 1.70 bits per heavy atom. The van der Waals surface area contributed by atoms with Crippen molar-refractivity contribution in [2.45, 2.75) is 37.6 Å². The molecule has 1 aliphatic rings. The monoisotopic (exact) mass is 329 g/mol. The molecule has 0 unspecified atom stereocenters. The molecule has 23 heavy (non-hydrogen) atoms. The molecule has 0 bridgehead atoms. The van der Waals surface area contributed by atoms with Crippen LogP contribution >= 0.6 is 0 Å². The van der Waals surface area contributed by atoms with Crippen LogP contribution in [0, 0.1) is 6.92 Å². The predicted octanol–water partition coefficient (Wildman–Crippen LogP) is 3.56. The highest BCUT2D eigenvalue weighted by Crippen LogP contribution is 2.34. The normalized spacial score (nSPS) is 18.4. The number of hydrogen-bond donors (Lipinski definition) is 0. The molecule has 0 saturated carbocycles. The first-order valence-corrected chi connectivity index (χ1v) is 9.08. The molecule has 5 heteroatoms. The highest BCUT2D eigenvalue weighted by atomic mass is 32.2. The molecule has 0 saturated heterocycles. The van der Waals surface area contributed by atoms with Crippen molar-refractivity contribution in [1.29, 1.82) is 0 Å². The van der Waals surface area contributed by atoms with E-state index in [4.69, 9.17) is 0 Å². The maximum Gasteiger partial charge on any atom is 0.264 e. The first kappa shape index (κ1) is 15.7. The van der Waals surface area contributed by atoms with Gasteiger partial charge in [-0.05, 0) is 44.5 Å². The van der Waals surface area contributed by atoms with Gasteiger partial charge in [0.15, 0.2) is 5.78 Å². The smallest absolute Gasteiger partial charge is 0.264 e. The predicted molar refractivity (Wildman–Crippen MR) is 90.3 cm³/mol. The Morgan fingerprint density at radius 1 is 1.04 bits per heavy atom. The van der Waals surface area contributed by atoms with Gasteiger partial charge in [-0.25, -0.2) is 8.42 Å². The van der Waals surface area contributed by atoms with E-state index in [9.17, 15) is 13.2 Å². The van der Waals surface area contributed by atoms with Crippen molar-refractivity contribution in [1.82, 2.24) is 0 Å². The Hall–Kier alpha value is -2.14. The van der Waals surface area contributed by atoms with Gasteiger partial charge in [-0.2, -0.15) is 0 Å². The topological polar surface area (TPSA) is 54.5 Å². The molecule has 120 valence electrons. The van der Waals surface area contributed by atoms with Crippen LogP contribution in [0.2, 0.25) is 0 Å². The van der Waals surface area contributed by atoms with Crippen molar-refractivity contribution in [2.24, 2.45) is 0 Å². The van der Waals surface area contributed by atoms with Gasteiger partial charge in [0, 0.05) is 18.0 Å². The fourth-order valence-electron chi connectivity index (χ4n) is 2.92. The van der Waals surface area contributed by atoms with Crippen LogP contribution in [0.4, 0.5) is 5.69 Å². The van der Waals surface area contributed by atoms with E-state index < -0.39 is 10.0 Å². The Labute approximate surface area is 136 Å². The summed E-state index contributed by atoms with van der Waals surface area (Å²) in [5, 5.41) is 0. The number of para-hydroxylation sites is 1. The van der Waals surface area contributed by atoms with E-state index >= 15 is 0 Å². The average Bonchev–Trinajstić information content (AvgIpc) is 2.65.